The zero-order valence-electron chi connectivity index (χ0n) is 16.4. The Morgan fingerprint density at radius 3 is 2.43 bits per heavy atom. The summed E-state index contributed by atoms with van der Waals surface area (Å²) in [6.07, 6.45) is 11.8. The summed E-state index contributed by atoms with van der Waals surface area (Å²) in [5, 5.41) is 0. The van der Waals surface area contributed by atoms with Gasteiger partial charge in [0.1, 0.15) is 11.5 Å². The highest BCUT2D eigenvalue weighted by Crippen LogP contribution is 2.33. The largest absolute Gasteiger partial charge is 0.457 e. The Bertz CT molecular complexity index is 866. The van der Waals surface area contributed by atoms with E-state index in [1.165, 1.54) is 11.1 Å². The molecule has 0 radical (unpaired) electrons. The third-order valence-electron chi connectivity index (χ3n) is 5.59. The summed E-state index contributed by atoms with van der Waals surface area (Å²) in [6, 6.07) is 16.3. The van der Waals surface area contributed by atoms with Crippen LogP contribution in [0.1, 0.15) is 23.7 Å². The van der Waals surface area contributed by atoms with E-state index in [0.717, 1.165) is 37.6 Å². The van der Waals surface area contributed by atoms with E-state index in [9.17, 15) is 0 Å². The molecular weight excluding hydrogens is 346 g/mol. The molecule has 28 heavy (non-hydrogen) atoms. The first-order chi connectivity index (χ1) is 13.7. The van der Waals surface area contributed by atoms with Gasteiger partial charge < -0.3 is 9.47 Å². The molecule has 1 heterocycles. The van der Waals surface area contributed by atoms with Crippen molar-refractivity contribution in [3.8, 4) is 11.5 Å². The van der Waals surface area contributed by atoms with E-state index in [2.05, 4.69) is 73.0 Å². The van der Waals surface area contributed by atoms with Gasteiger partial charge in [-0.05, 0) is 43.2 Å². The molecule has 2 aromatic rings. The van der Waals surface area contributed by atoms with E-state index in [1.807, 2.05) is 24.3 Å². The Hall–Kier alpha value is -2.62. The SMILES string of the molecule is C=C[C@]1(N2CCO[C@H](c3ccc(Oc4ccc(C)cc4)cc3)C2)C=CC=CC1. The summed E-state index contributed by atoms with van der Waals surface area (Å²) in [7, 11) is 0. The summed E-state index contributed by atoms with van der Waals surface area (Å²) in [5.74, 6) is 1.69. The van der Waals surface area contributed by atoms with Crippen molar-refractivity contribution >= 4 is 0 Å². The van der Waals surface area contributed by atoms with Crippen molar-refractivity contribution in [1.29, 1.82) is 0 Å². The number of morpholine rings is 1. The van der Waals surface area contributed by atoms with Gasteiger partial charge in [-0.2, -0.15) is 0 Å². The minimum Gasteiger partial charge on any atom is -0.457 e. The standard InChI is InChI=1S/C25H27NO2/c1-3-25(15-5-4-6-16-25)26-17-18-27-24(19-26)21-9-13-23(14-10-21)28-22-11-7-20(2)8-12-22/h3-15,24H,1,16-19H2,2H3/t24-,25-/m0/s1. The monoisotopic (exact) mass is 373 g/mol. The summed E-state index contributed by atoms with van der Waals surface area (Å²) in [4.78, 5) is 2.48. The predicted molar refractivity (Wildman–Crippen MR) is 114 cm³/mol. The topological polar surface area (TPSA) is 21.7 Å². The number of nitrogens with zero attached hydrogens (tertiary/aromatic N) is 1. The van der Waals surface area contributed by atoms with E-state index in [-0.39, 0.29) is 11.6 Å². The third-order valence-corrected chi connectivity index (χ3v) is 5.59. The predicted octanol–water partition coefficient (Wildman–Crippen LogP) is 5.60. The fourth-order valence-corrected chi connectivity index (χ4v) is 3.86. The zero-order chi connectivity index (χ0) is 19.4. The first-order valence-corrected chi connectivity index (χ1v) is 9.88. The minimum atomic E-state index is -0.106. The number of benzene rings is 2. The zero-order valence-corrected chi connectivity index (χ0v) is 16.4. The molecule has 0 unspecified atom stereocenters. The summed E-state index contributed by atoms with van der Waals surface area (Å²) < 4.78 is 12.0. The van der Waals surface area contributed by atoms with Crippen molar-refractivity contribution in [1.82, 2.24) is 4.90 Å². The molecular formula is C25H27NO2. The van der Waals surface area contributed by atoms with E-state index in [1.54, 1.807) is 0 Å². The van der Waals surface area contributed by atoms with Crippen molar-refractivity contribution in [2.24, 2.45) is 0 Å². The van der Waals surface area contributed by atoms with Crippen molar-refractivity contribution in [3.05, 3.63) is 96.6 Å². The molecule has 2 aliphatic rings. The molecule has 2 aromatic carbocycles. The van der Waals surface area contributed by atoms with E-state index in [4.69, 9.17) is 9.47 Å². The maximum absolute atomic E-state index is 6.09. The van der Waals surface area contributed by atoms with Gasteiger partial charge in [-0.3, -0.25) is 4.90 Å². The van der Waals surface area contributed by atoms with Crippen LogP contribution in [0, 0.1) is 6.92 Å². The van der Waals surface area contributed by atoms with Crippen molar-refractivity contribution in [2.75, 3.05) is 19.7 Å². The lowest BCUT2D eigenvalue weighted by molar-refractivity contribution is -0.0511. The van der Waals surface area contributed by atoms with Crippen LogP contribution in [0.5, 0.6) is 11.5 Å². The number of hydrogen-bond donors (Lipinski definition) is 0. The Labute approximate surface area is 167 Å². The smallest absolute Gasteiger partial charge is 0.127 e. The molecule has 1 saturated heterocycles. The maximum Gasteiger partial charge on any atom is 0.127 e. The van der Waals surface area contributed by atoms with E-state index >= 15 is 0 Å². The van der Waals surface area contributed by atoms with E-state index < -0.39 is 0 Å². The van der Waals surface area contributed by atoms with E-state index in [0.29, 0.717) is 0 Å². The maximum atomic E-state index is 6.09. The lowest BCUT2D eigenvalue weighted by atomic mass is 9.88. The second-order valence-corrected chi connectivity index (χ2v) is 7.48. The number of allylic oxidation sites excluding steroid dienone is 2. The van der Waals surface area contributed by atoms with Crippen LogP contribution in [-0.4, -0.2) is 30.1 Å². The summed E-state index contributed by atoms with van der Waals surface area (Å²) in [5.41, 5.74) is 2.29. The molecule has 0 saturated carbocycles. The quantitative estimate of drug-likeness (QED) is 0.637. The molecule has 0 bridgehead atoms. The van der Waals surface area contributed by atoms with Crippen LogP contribution in [0.3, 0.4) is 0 Å². The molecule has 1 fully saturated rings. The average molecular weight is 373 g/mol. The van der Waals surface area contributed by atoms with Gasteiger partial charge in [0, 0.05) is 13.1 Å². The van der Waals surface area contributed by atoms with Gasteiger partial charge in [-0.15, -0.1) is 6.58 Å². The van der Waals surface area contributed by atoms with Crippen molar-refractivity contribution in [3.63, 3.8) is 0 Å². The second kappa shape index (κ2) is 8.17. The van der Waals surface area contributed by atoms with Crippen LogP contribution in [0.4, 0.5) is 0 Å². The molecule has 1 aliphatic carbocycles. The van der Waals surface area contributed by atoms with Gasteiger partial charge in [0.25, 0.3) is 0 Å². The van der Waals surface area contributed by atoms with Crippen LogP contribution in [0.25, 0.3) is 0 Å². The summed E-state index contributed by atoms with van der Waals surface area (Å²) in [6.45, 7) is 8.66. The number of ether oxygens (including phenoxy) is 2. The minimum absolute atomic E-state index is 0.0540. The van der Waals surface area contributed by atoms with Gasteiger partial charge >= 0.3 is 0 Å². The average Bonchev–Trinajstić information content (AvgIpc) is 2.76. The molecule has 3 heteroatoms. The highest BCUT2D eigenvalue weighted by molar-refractivity contribution is 5.35. The molecule has 4 rings (SSSR count). The lowest BCUT2D eigenvalue weighted by Gasteiger charge is -2.44. The Morgan fingerprint density at radius 2 is 1.79 bits per heavy atom. The Balaban J connectivity index is 1.45. The molecule has 0 aromatic heterocycles. The fourth-order valence-electron chi connectivity index (χ4n) is 3.86. The number of rotatable bonds is 5. The first-order valence-electron chi connectivity index (χ1n) is 9.88. The van der Waals surface area contributed by atoms with Gasteiger partial charge in [-0.25, -0.2) is 0 Å². The Kier molecular flexibility index (Phi) is 5.47. The van der Waals surface area contributed by atoms with Crippen LogP contribution in [0.2, 0.25) is 0 Å². The van der Waals surface area contributed by atoms with Crippen LogP contribution in [-0.2, 0) is 4.74 Å². The molecule has 3 nitrogen and oxygen atoms in total. The van der Waals surface area contributed by atoms with Gasteiger partial charge in [0.2, 0.25) is 0 Å². The molecule has 1 aliphatic heterocycles. The molecule has 0 amide bonds. The number of hydrogen-bond acceptors (Lipinski definition) is 3. The summed E-state index contributed by atoms with van der Waals surface area (Å²) >= 11 is 0. The molecule has 0 spiro atoms. The van der Waals surface area contributed by atoms with Crippen LogP contribution in [0.15, 0.2) is 85.5 Å². The van der Waals surface area contributed by atoms with Crippen molar-refractivity contribution < 1.29 is 9.47 Å². The second-order valence-electron chi connectivity index (χ2n) is 7.48. The van der Waals surface area contributed by atoms with Crippen LogP contribution >= 0.6 is 0 Å². The highest BCUT2D eigenvalue weighted by Gasteiger charge is 2.35. The van der Waals surface area contributed by atoms with Crippen molar-refractivity contribution in [2.45, 2.75) is 25.0 Å². The third kappa shape index (κ3) is 3.96. The molecule has 0 N–H and O–H groups in total. The van der Waals surface area contributed by atoms with Gasteiger partial charge in [0.05, 0.1) is 18.2 Å². The van der Waals surface area contributed by atoms with Crippen LogP contribution < -0.4 is 4.74 Å². The highest BCUT2D eigenvalue weighted by atomic mass is 16.5. The Morgan fingerprint density at radius 1 is 1.07 bits per heavy atom. The lowest BCUT2D eigenvalue weighted by Crippen LogP contribution is -2.52. The van der Waals surface area contributed by atoms with Gasteiger partial charge in [-0.1, -0.05) is 60.2 Å². The number of aryl methyl sites for hydroxylation is 1. The fraction of sp³-hybridized carbons (Fsp3) is 0.280. The molecule has 144 valence electrons. The van der Waals surface area contributed by atoms with Gasteiger partial charge in [0.15, 0.2) is 0 Å². The first kappa shape index (κ1) is 18.7. The normalized spacial score (nSPS) is 24.8. The molecule has 2 atom stereocenters.